The molecular weight excluding hydrogens is 249 g/mol. The maximum absolute atomic E-state index is 12.1. The molecule has 94 valence electrons. The van der Waals surface area contributed by atoms with E-state index in [1.807, 2.05) is 0 Å². The van der Waals surface area contributed by atoms with E-state index >= 15 is 0 Å². The molecule has 0 unspecified atom stereocenters. The first-order valence-corrected chi connectivity index (χ1v) is 4.85. The molecule has 4 nitrogen and oxygen atoms in total. The molecule has 0 atom stereocenters. The molecule has 0 radical (unpaired) electrons. The number of benzene rings is 1. The fraction of sp³-hybridized carbons (Fsp3) is 0.0909. The van der Waals surface area contributed by atoms with Crippen LogP contribution in [0, 0.1) is 0 Å². The number of hydrogen-bond donors (Lipinski definition) is 2. The minimum Gasteiger partial charge on any atom is -0.504 e. The summed E-state index contributed by atoms with van der Waals surface area (Å²) in [6.45, 7) is 0. The summed E-state index contributed by atoms with van der Waals surface area (Å²) in [7, 11) is 0. The minimum absolute atomic E-state index is 0.297. The summed E-state index contributed by atoms with van der Waals surface area (Å²) >= 11 is 0. The predicted molar refractivity (Wildman–Crippen MR) is 59.0 cm³/mol. The van der Waals surface area contributed by atoms with Crippen LogP contribution in [0.2, 0.25) is 0 Å². The fourth-order valence-corrected chi connectivity index (χ4v) is 1.35. The molecule has 1 heterocycles. The summed E-state index contributed by atoms with van der Waals surface area (Å²) in [4.78, 5) is 17.6. The van der Waals surface area contributed by atoms with Crippen molar-refractivity contribution in [2.75, 3.05) is 0 Å². The molecule has 0 aliphatic rings. The van der Waals surface area contributed by atoms with E-state index in [1.54, 1.807) is 18.2 Å². The maximum Gasteiger partial charge on any atom is 0.448 e. The van der Waals surface area contributed by atoms with E-state index in [-0.39, 0.29) is 0 Å². The lowest BCUT2D eigenvalue weighted by molar-refractivity contribution is -0.119. The highest BCUT2D eigenvalue weighted by molar-refractivity contribution is 5.74. The first-order chi connectivity index (χ1) is 8.38. The number of aliphatic hydroxyl groups is 1. The standard InChI is InChI=1S/C11H7F3N2O2/c12-11(13,14)9(17)5-8-10(18)16-7-4-2-1-3-6(7)15-8/h1-5,17H,(H,16,18)/b9-5-. The number of nitrogens with zero attached hydrogens (tertiary/aromatic N) is 1. The van der Waals surface area contributed by atoms with E-state index in [0.717, 1.165) is 0 Å². The number of halogens is 3. The van der Waals surface area contributed by atoms with Crippen LogP contribution in [-0.2, 0) is 0 Å². The van der Waals surface area contributed by atoms with E-state index in [1.165, 1.54) is 6.07 Å². The van der Waals surface area contributed by atoms with Gasteiger partial charge in [-0.3, -0.25) is 4.79 Å². The Bertz CT molecular complexity index is 674. The molecule has 0 saturated carbocycles. The van der Waals surface area contributed by atoms with Crippen molar-refractivity contribution in [1.29, 1.82) is 0 Å². The molecule has 1 aromatic heterocycles. The Morgan fingerprint density at radius 3 is 2.67 bits per heavy atom. The summed E-state index contributed by atoms with van der Waals surface area (Å²) in [5.74, 6) is -1.87. The number of rotatable bonds is 1. The Balaban J connectivity index is 2.59. The van der Waals surface area contributed by atoms with Crippen LogP contribution in [0.3, 0.4) is 0 Å². The van der Waals surface area contributed by atoms with Crippen molar-refractivity contribution in [2.45, 2.75) is 6.18 Å². The van der Waals surface area contributed by atoms with Crippen LogP contribution in [0.15, 0.2) is 34.8 Å². The number of H-pyrrole nitrogens is 1. The van der Waals surface area contributed by atoms with Crippen LogP contribution in [-0.4, -0.2) is 21.3 Å². The number of nitrogens with one attached hydrogen (secondary N) is 1. The van der Waals surface area contributed by atoms with Crippen molar-refractivity contribution in [1.82, 2.24) is 9.97 Å². The van der Waals surface area contributed by atoms with Gasteiger partial charge in [0.2, 0.25) is 0 Å². The van der Waals surface area contributed by atoms with E-state index in [9.17, 15) is 18.0 Å². The topological polar surface area (TPSA) is 66.0 Å². The van der Waals surface area contributed by atoms with E-state index < -0.39 is 23.2 Å². The first-order valence-electron chi connectivity index (χ1n) is 4.85. The Morgan fingerprint density at radius 2 is 2.00 bits per heavy atom. The van der Waals surface area contributed by atoms with Gasteiger partial charge in [0.05, 0.1) is 11.0 Å². The summed E-state index contributed by atoms with van der Waals surface area (Å²) < 4.78 is 36.4. The Hall–Kier alpha value is -2.31. The van der Waals surface area contributed by atoms with Gasteiger partial charge in [0.25, 0.3) is 5.56 Å². The average molecular weight is 256 g/mol. The van der Waals surface area contributed by atoms with Gasteiger partial charge >= 0.3 is 6.18 Å². The van der Waals surface area contributed by atoms with Crippen molar-refractivity contribution in [3.63, 3.8) is 0 Å². The van der Waals surface area contributed by atoms with Gasteiger partial charge in [0.15, 0.2) is 5.76 Å². The average Bonchev–Trinajstić information content (AvgIpc) is 2.28. The van der Waals surface area contributed by atoms with Gasteiger partial charge < -0.3 is 10.1 Å². The minimum atomic E-state index is -4.90. The number of aliphatic hydroxyl groups excluding tert-OH is 1. The molecule has 0 saturated heterocycles. The van der Waals surface area contributed by atoms with Crippen molar-refractivity contribution >= 4 is 17.1 Å². The highest BCUT2D eigenvalue weighted by atomic mass is 19.4. The lowest BCUT2D eigenvalue weighted by Crippen LogP contribution is -2.15. The smallest absolute Gasteiger partial charge is 0.448 e. The molecule has 0 fully saturated rings. The number of allylic oxidation sites excluding steroid dienone is 1. The lowest BCUT2D eigenvalue weighted by atomic mass is 10.3. The zero-order chi connectivity index (χ0) is 13.3. The number of fused-ring (bicyclic) bond motifs is 1. The largest absolute Gasteiger partial charge is 0.504 e. The van der Waals surface area contributed by atoms with Gasteiger partial charge in [-0.05, 0) is 12.1 Å². The molecule has 0 amide bonds. The van der Waals surface area contributed by atoms with Crippen LogP contribution in [0.1, 0.15) is 5.69 Å². The molecule has 0 spiro atoms. The second kappa shape index (κ2) is 4.17. The second-order valence-corrected chi connectivity index (χ2v) is 3.50. The number of alkyl halides is 3. The Labute approximate surface area is 98.4 Å². The van der Waals surface area contributed by atoms with Crippen LogP contribution in [0.25, 0.3) is 17.1 Å². The molecule has 0 aliphatic heterocycles. The van der Waals surface area contributed by atoms with Crippen LogP contribution < -0.4 is 5.56 Å². The molecule has 2 rings (SSSR count). The highest BCUT2D eigenvalue weighted by Crippen LogP contribution is 2.24. The van der Waals surface area contributed by atoms with Crippen molar-refractivity contribution in [3.05, 3.63) is 46.1 Å². The molecule has 0 aliphatic carbocycles. The van der Waals surface area contributed by atoms with Crippen molar-refractivity contribution in [2.24, 2.45) is 0 Å². The SMILES string of the molecule is O=c1[nH]c2ccccc2nc1/C=C(\O)C(F)(F)F. The number of aromatic amines is 1. The summed E-state index contributed by atoms with van der Waals surface area (Å²) in [6.07, 6.45) is -4.61. The van der Waals surface area contributed by atoms with Gasteiger partial charge in [-0.1, -0.05) is 12.1 Å². The molecular formula is C11H7F3N2O2. The zero-order valence-electron chi connectivity index (χ0n) is 8.82. The Morgan fingerprint density at radius 1 is 1.33 bits per heavy atom. The fourth-order valence-electron chi connectivity index (χ4n) is 1.35. The van der Waals surface area contributed by atoms with Crippen molar-refractivity contribution in [3.8, 4) is 0 Å². The Kier molecular flexibility index (Phi) is 2.82. The van der Waals surface area contributed by atoms with Gasteiger partial charge in [-0.2, -0.15) is 13.2 Å². The van der Waals surface area contributed by atoms with Gasteiger partial charge in [0, 0.05) is 6.08 Å². The van der Waals surface area contributed by atoms with Gasteiger partial charge in [-0.15, -0.1) is 0 Å². The van der Waals surface area contributed by atoms with Gasteiger partial charge in [-0.25, -0.2) is 4.98 Å². The third kappa shape index (κ3) is 2.34. The van der Waals surface area contributed by atoms with Crippen LogP contribution >= 0.6 is 0 Å². The zero-order valence-corrected chi connectivity index (χ0v) is 8.82. The normalized spacial score (nSPS) is 12.9. The summed E-state index contributed by atoms with van der Waals surface area (Å²) in [6, 6.07) is 6.39. The third-order valence-corrected chi connectivity index (χ3v) is 2.19. The summed E-state index contributed by atoms with van der Waals surface area (Å²) in [5.41, 5.74) is -0.558. The molecule has 7 heteroatoms. The van der Waals surface area contributed by atoms with E-state index in [2.05, 4.69) is 9.97 Å². The first kappa shape index (κ1) is 12.2. The number of para-hydroxylation sites is 2. The number of aromatic nitrogens is 2. The molecule has 0 bridgehead atoms. The third-order valence-electron chi connectivity index (χ3n) is 2.19. The van der Waals surface area contributed by atoms with Crippen molar-refractivity contribution < 1.29 is 18.3 Å². The van der Waals surface area contributed by atoms with Gasteiger partial charge in [0.1, 0.15) is 5.69 Å². The predicted octanol–water partition coefficient (Wildman–Crippen LogP) is 2.38. The van der Waals surface area contributed by atoms with E-state index in [0.29, 0.717) is 17.1 Å². The molecule has 2 N–H and O–H groups in total. The summed E-state index contributed by atoms with van der Waals surface area (Å²) in [5, 5.41) is 8.78. The molecule has 18 heavy (non-hydrogen) atoms. The highest BCUT2D eigenvalue weighted by Gasteiger charge is 2.34. The molecule has 2 aromatic rings. The van der Waals surface area contributed by atoms with E-state index in [4.69, 9.17) is 5.11 Å². The lowest BCUT2D eigenvalue weighted by Gasteiger charge is -2.04. The maximum atomic E-state index is 12.1. The second-order valence-electron chi connectivity index (χ2n) is 3.50. The molecule has 1 aromatic carbocycles. The quantitative estimate of drug-likeness (QED) is 0.770. The van der Waals surface area contributed by atoms with Crippen LogP contribution in [0.5, 0.6) is 0 Å². The van der Waals surface area contributed by atoms with Crippen LogP contribution in [0.4, 0.5) is 13.2 Å². The number of hydrogen-bond acceptors (Lipinski definition) is 3. The monoisotopic (exact) mass is 256 g/mol.